The van der Waals surface area contributed by atoms with Gasteiger partial charge in [-0.05, 0) is 30.9 Å². The van der Waals surface area contributed by atoms with Crippen LogP contribution in [0.25, 0.3) is 0 Å². The van der Waals surface area contributed by atoms with Crippen LogP contribution < -0.4 is 0 Å². The molecule has 0 N–H and O–H groups in total. The molecule has 1 nitrogen and oxygen atoms in total. The molecular formula is C19H26OSi. The van der Waals surface area contributed by atoms with Crippen molar-refractivity contribution in [1.29, 1.82) is 0 Å². The molecule has 2 aromatic carbocycles. The van der Waals surface area contributed by atoms with E-state index in [-0.39, 0.29) is 11.0 Å². The van der Waals surface area contributed by atoms with Gasteiger partial charge in [0.1, 0.15) is 10.5 Å². The lowest BCUT2D eigenvalue weighted by Gasteiger charge is -2.50. The van der Waals surface area contributed by atoms with E-state index in [0.717, 1.165) is 10.5 Å². The normalized spacial score (nSPS) is 12.8. The first-order valence-electron chi connectivity index (χ1n) is 7.63. The second kappa shape index (κ2) is 6.16. The highest BCUT2D eigenvalue weighted by atomic mass is 28.2. The third kappa shape index (κ3) is 2.58. The molecule has 0 amide bonds. The minimum absolute atomic E-state index is 0.155. The highest BCUT2D eigenvalue weighted by Crippen LogP contribution is 2.48. The molecule has 0 heterocycles. The van der Waals surface area contributed by atoms with Gasteiger partial charge in [-0.25, -0.2) is 0 Å². The average molecular weight is 299 g/mol. The molecular weight excluding hydrogens is 272 g/mol. The van der Waals surface area contributed by atoms with Crippen molar-refractivity contribution >= 4 is 10.5 Å². The van der Waals surface area contributed by atoms with Crippen LogP contribution in [0.3, 0.4) is 0 Å². The molecule has 0 aromatic heterocycles. The second-order valence-corrected chi connectivity index (χ2v) is 6.82. The first kappa shape index (κ1) is 16.0. The van der Waals surface area contributed by atoms with Gasteiger partial charge in [0.2, 0.25) is 0 Å². The van der Waals surface area contributed by atoms with E-state index in [1.54, 1.807) is 0 Å². The van der Waals surface area contributed by atoms with E-state index in [1.807, 2.05) is 0 Å². The molecule has 0 saturated heterocycles. The second-order valence-electron chi connectivity index (χ2n) is 6.41. The van der Waals surface area contributed by atoms with E-state index >= 15 is 0 Å². The van der Waals surface area contributed by atoms with Gasteiger partial charge in [0.05, 0.1) is 5.60 Å². The monoisotopic (exact) mass is 298 g/mol. The lowest BCUT2D eigenvalue weighted by atomic mass is 9.58. The molecule has 0 aliphatic rings. The lowest BCUT2D eigenvalue weighted by molar-refractivity contribution is 0.0219. The van der Waals surface area contributed by atoms with Crippen LogP contribution in [0.5, 0.6) is 0 Å². The summed E-state index contributed by atoms with van der Waals surface area (Å²) in [4.78, 5) is 0. The maximum absolute atomic E-state index is 6.11. The lowest BCUT2D eigenvalue weighted by Crippen LogP contribution is -2.53. The Hall–Kier alpha value is -1.38. The Morgan fingerprint density at radius 3 is 1.48 bits per heavy atom. The molecule has 2 heteroatoms. The zero-order chi connectivity index (χ0) is 15.5. The summed E-state index contributed by atoms with van der Waals surface area (Å²) in [5.74, 6) is 0.422. The highest BCUT2D eigenvalue weighted by molar-refractivity contribution is 5.98. The van der Waals surface area contributed by atoms with Crippen molar-refractivity contribution in [3.05, 3.63) is 71.8 Å². The van der Waals surface area contributed by atoms with Crippen molar-refractivity contribution in [1.82, 2.24) is 0 Å². The van der Waals surface area contributed by atoms with Crippen molar-refractivity contribution in [2.45, 2.75) is 38.7 Å². The fourth-order valence-corrected chi connectivity index (χ4v) is 4.11. The van der Waals surface area contributed by atoms with Gasteiger partial charge < -0.3 is 4.43 Å². The largest absolute Gasteiger partial charge is 0.422 e. The maximum Gasteiger partial charge on any atom is 0.146 e. The quantitative estimate of drug-likeness (QED) is 0.765. The number of hydrogen-bond acceptors (Lipinski definition) is 1. The van der Waals surface area contributed by atoms with E-state index in [2.05, 4.69) is 88.4 Å². The molecule has 0 aliphatic heterocycles. The van der Waals surface area contributed by atoms with Crippen molar-refractivity contribution in [3.63, 3.8) is 0 Å². The van der Waals surface area contributed by atoms with Crippen molar-refractivity contribution in [2.24, 2.45) is 5.92 Å². The van der Waals surface area contributed by atoms with E-state index in [9.17, 15) is 0 Å². The van der Waals surface area contributed by atoms with Crippen LogP contribution in [0.2, 0.25) is 0 Å². The summed E-state index contributed by atoms with van der Waals surface area (Å²) in [6, 6.07) is 21.6. The molecule has 0 radical (unpaired) electrons. The summed E-state index contributed by atoms with van der Waals surface area (Å²) < 4.78 is 6.11. The average Bonchev–Trinajstić information content (AvgIpc) is 2.49. The summed E-state index contributed by atoms with van der Waals surface area (Å²) >= 11 is 0. The van der Waals surface area contributed by atoms with Gasteiger partial charge in [-0.15, -0.1) is 0 Å². The number of benzene rings is 2. The Morgan fingerprint density at radius 1 is 0.810 bits per heavy atom. The zero-order valence-corrected chi connectivity index (χ0v) is 15.8. The maximum atomic E-state index is 6.11. The molecule has 0 saturated carbocycles. The Balaban J connectivity index is 2.80. The van der Waals surface area contributed by atoms with Crippen molar-refractivity contribution in [3.8, 4) is 0 Å². The zero-order valence-electron chi connectivity index (χ0n) is 13.8. The molecule has 2 rings (SSSR count). The predicted octanol–water partition coefficient (Wildman–Crippen LogP) is 3.70. The van der Waals surface area contributed by atoms with Crippen LogP contribution in [0.1, 0.15) is 38.8 Å². The third-order valence-corrected chi connectivity index (χ3v) is 5.80. The highest BCUT2D eigenvalue weighted by Gasteiger charge is 2.49. The molecule has 0 aliphatic carbocycles. The van der Waals surface area contributed by atoms with Gasteiger partial charge in [-0.3, -0.25) is 0 Å². The first-order valence-corrected chi connectivity index (χ1v) is 8.44. The first-order chi connectivity index (χ1) is 9.96. The van der Waals surface area contributed by atoms with Crippen molar-refractivity contribution < 1.29 is 4.43 Å². The van der Waals surface area contributed by atoms with E-state index in [1.165, 1.54) is 11.1 Å². The standard InChI is InChI=1S/C19H26OSi/c1-15(2)19(18(3,4)20-21,16-11-7-5-8-12-16)17-13-9-6-10-14-17/h5-15H,1-4,21H3. The molecule has 0 bridgehead atoms. The summed E-state index contributed by atoms with van der Waals surface area (Å²) in [5, 5.41) is 0. The van der Waals surface area contributed by atoms with Gasteiger partial charge in [0.25, 0.3) is 0 Å². The van der Waals surface area contributed by atoms with E-state index in [0.29, 0.717) is 5.92 Å². The van der Waals surface area contributed by atoms with Crippen LogP contribution in [0, 0.1) is 5.92 Å². The molecule has 21 heavy (non-hydrogen) atoms. The summed E-state index contributed by atoms with van der Waals surface area (Å²) in [6.07, 6.45) is 0. The third-order valence-electron chi connectivity index (χ3n) is 4.78. The minimum atomic E-state index is -0.254. The molecule has 112 valence electrons. The SMILES string of the molecule is CC(C)C(c1ccccc1)(c1ccccc1)C(C)(C)O[SiH3]. The van der Waals surface area contributed by atoms with Crippen LogP contribution in [-0.4, -0.2) is 16.1 Å². The van der Waals surface area contributed by atoms with Gasteiger partial charge >= 0.3 is 0 Å². The van der Waals surface area contributed by atoms with Crippen LogP contribution >= 0.6 is 0 Å². The number of hydrogen-bond donors (Lipinski definition) is 0. The summed E-state index contributed by atoms with van der Waals surface area (Å²) in [5.41, 5.74) is 2.24. The van der Waals surface area contributed by atoms with Crippen LogP contribution in [0.15, 0.2) is 60.7 Å². The molecule has 2 aromatic rings. The van der Waals surface area contributed by atoms with Crippen LogP contribution in [0.4, 0.5) is 0 Å². The Morgan fingerprint density at radius 2 is 1.19 bits per heavy atom. The van der Waals surface area contributed by atoms with Gasteiger partial charge in [-0.1, -0.05) is 74.5 Å². The van der Waals surface area contributed by atoms with Crippen molar-refractivity contribution in [2.75, 3.05) is 0 Å². The summed E-state index contributed by atoms with van der Waals surface area (Å²) in [6.45, 7) is 9.03. The smallest absolute Gasteiger partial charge is 0.146 e. The Labute approximate surface area is 131 Å². The predicted molar refractivity (Wildman–Crippen MR) is 93.6 cm³/mol. The fraction of sp³-hybridized carbons (Fsp3) is 0.368. The topological polar surface area (TPSA) is 9.23 Å². The molecule has 0 atom stereocenters. The molecule has 0 spiro atoms. The Bertz CT molecular complexity index is 521. The van der Waals surface area contributed by atoms with E-state index < -0.39 is 0 Å². The summed E-state index contributed by atoms with van der Waals surface area (Å²) in [7, 11) is 0.726. The molecule has 0 fully saturated rings. The number of rotatable bonds is 5. The van der Waals surface area contributed by atoms with Gasteiger partial charge in [0.15, 0.2) is 0 Å². The minimum Gasteiger partial charge on any atom is -0.422 e. The van der Waals surface area contributed by atoms with Crippen LogP contribution in [-0.2, 0) is 9.84 Å². The Kier molecular flexibility index (Phi) is 4.69. The van der Waals surface area contributed by atoms with E-state index in [4.69, 9.17) is 4.43 Å². The van der Waals surface area contributed by atoms with Gasteiger partial charge in [0, 0.05) is 5.41 Å². The molecule has 0 unspecified atom stereocenters. The fourth-order valence-electron chi connectivity index (χ4n) is 3.79. The van der Waals surface area contributed by atoms with Gasteiger partial charge in [-0.2, -0.15) is 0 Å².